The summed E-state index contributed by atoms with van der Waals surface area (Å²) < 4.78 is 10.5. The van der Waals surface area contributed by atoms with Gasteiger partial charge in [-0.25, -0.2) is 0 Å². The van der Waals surface area contributed by atoms with Gasteiger partial charge in [-0.3, -0.25) is 4.79 Å². The molecule has 0 unspecified atom stereocenters. The highest BCUT2D eigenvalue weighted by molar-refractivity contribution is 5.80. The van der Waals surface area contributed by atoms with Crippen molar-refractivity contribution in [1.82, 2.24) is 5.32 Å². The molecule has 1 saturated carbocycles. The molecule has 0 atom stereocenters. The van der Waals surface area contributed by atoms with E-state index in [4.69, 9.17) is 9.15 Å². The zero-order chi connectivity index (χ0) is 14.1. The van der Waals surface area contributed by atoms with Crippen molar-refractivity contribution in [2.45, 2.75) is 39.0 Å². The first-order chi connectivity index (χ1) is 8.89. The van der Waals surface area contributed by atoms with Crippen LogP contribution in [0.3, 0.4) is 0 Å². The minimum atomic E-state index is -0.274. The normalized spacial score (nSPS) is 17.3. The number of esters is 1. The topological polar surface area (TPSA) is 51.5 Å². The lowest BCUT2D eigenvalue weighted by Crippen LogP contribution is -2.38. The quantitative estimate of drug-likeness (QED) is 0.802. The van der Waals surface area contributed by atoms with Gasteiger partial charge in [0.15, 0.2) is 0 Å². The van der Waals surface area contributed by atoms with Crippen LogP contribution in [-0.4, -0.2) is 26.2 Å². The van der Waals surface area contributed by atoms with Crippen LogP contribution in [0, 0.1) is 12.3 Å². The molecule has 0 radical (unpaired) electrons. The number of furan rings is 1. The molecule has 1 aromatic heterocycles. The van der Waals surface area contributed by atoms with Crippen LogP contribution in [0.5, 0.6) is 0 Å². The van der Waals surface area contributed by atoms with Gasteiger partial charge in [-0.15, -0.1) is 0 Å². The van der Waals surface area contributed by atoms with Crippen LogP contribution in [0.15, 0.2) is 16.5 Å². The Morgan fingerprint density at radius 2 is 2.16 bits per heavy atom. The van der Waals surface area contributed by atoms with Crippen LogP contribution in [0.1, 0.15) is 38.2 Å². The standard InChI is InChI=1S/C15H23NO3/c1-11-5-6-12(19-11)14(2,3)9-16-10-15(7-8-15)13(17)18-4/h5-6,16H,7-10H2,1-4H3. The van der Waals surface area contributed by atoms with Gasteiger partial charge in [0.2, 0.25) is 0 Å². The lowest BCUT2D eigenvalue weighted by atomic mass is 9.90. The maximum Gasteiger partial charge on any atom is 0.313 e. The molecular weight excluding hydrogens is 242 g/mol. The van der Waals surface area contributed by atoms with Crippen LogP contribution in [0.2, 0.25) is 0 Å². The maximum atomic E-state index is 11.6. The van der Waals surface area contributed by atoms with Gasteiger partial charge in [-0.05, 0) is 31.9 Å². The number of carbonyl (C=O) groups excluding carboxylic acids is 1. The Kier molecular flexibility index (Phi) is 3.72. The van der Waals surface area contributed by atoms with Crippen LogP contribution < -0.4 is 5.32 Å². The average Bonchev–Trinajstić information content (AvgIpc) is 3.01. The van der Waals surface area contributed by atoms with E-state index in [2.05, 4.69) is 19.2 Å². The number of hydrogen-bond donors (Lipinski definition) is 1. The first-order valence-electron chi connectivity index (χ1n) is 6.76. The third-order valence-electron chi connectivity index (χ3n) is 3.91. The van der Waals surface area contributed by atoms with Gasteiger partial charge in [0.05, 0.1) is 12.5 Å². The van der Waals surface area contributed by atoms with E-state index in [9.17, 15) is 4.79 Å². The summed E-state index contributed by atoms with van der Waals surface area (Å²) in [5.74, 6) is 1.81. The molecule has 0 aliphatic heterocycles. The highest BCUT2D eigenvalue weighted by atomic mass is 16.5. The highest BCUT2D eigenvalue weighted by Crippen LogP contribution is 2.46. The first kappa shape index (κ1) is 14.1. The van der Waals surface area contributed by atoms with Crippen molar-refractivity contribution in [3.05, 3.63) is 23.7 Å². The van der Waals surface area contributed by atoms with E-state index in [1.165, 1.54) is 7.11 Å². The van der Waals surface area contributed by atoms with E-state index in [1.54, 1.807) is 0 Å². The highest BCUT2D eigenvalue weighted by Gasteiger charge is 2.50. The Hall–Kier alpha value is -1.29. The monoisotopic (exact) mass is 265 g/mol. The second-order valence-electron chi connectivity index (χ2n) is 6.17. The van der Waals surface area contributed by atoms with Gasteiger partial charge in [-0.1, -0.05) is 13.8 Å². The van der Waals surface area contributed by atoms with Crippen molar-refractivity contribution in [2.24, 2.45) is 5.41 Å². The molecule has 1 heterocycles. The van der Waals surface area contributed by atoms with Crippen LogP contribution >= 0.6 is 0 Å². The summed E-state index contributed by atoms with van der Waals surface area (Å²) in [4.78, 5) is 11.6. The smallest absolute Gasteiger partial charge is 0.313 e. The predicted octanol–water partition coefficient (Wildman–Crippen LogP) is 2.41. The number of methoxy groups -OCH3 is 1. The summed E-state index contributed by atoms with van der Waals surface area (Å²) in [6.07, 6.45) is 1.85. The molecule has 1 aliphatic carbocycles. The number of hydrogen-bond acceptors (Lipinski definition) is 4. The molecule has 0 bridgehead atoms. The number of nitrogens with one attached hydrogen (secondary N) is 1. The van der Waals surface area contributed by atoms with E-state index in [0.29, 0.717) is 6.54 Å². The summed E-state index contributed by atoms with van der Waals surface area (Å²) in [7, 11) is 1.46. The summed E-state index contributed by atoms with van der Waals surface area (Å²) in [5.41, 5.74) is -0.357. The van der Waals surface area contributed by atoms with E-state index >= 15 is 0 Å². The summed E-state index contributed by atoms with van der Waals surface area (Å²) in [5, 5.41) is 3.39. The summed E-state index contributed by atoms with van der Waals surface area (Å²) in [6.45, 7) is 7.68. The minimum Gasteiger partial charge on any atom is -0.469 e. The second kappa shape index (κ2) is 5.00. The molecule has 19 heavy (non-hydrogen) atoms. The lowest BCUT2D eigenvalue weighted by Gasteiger charge is -2.24. The van der Waals surface area contributed by atoms with Crippen LogP contribution in [0.4, 0.5) is 0 Å². The first-order valence-corrected chi connectivity index (χ1v) is 6.76. The second-order valence-corrected chi connectivity index (χ2v) is 6.17. The van der Waals surface area contributed by atoms with Crippen molar-refractivity contribution < 1.29 is 13.9 Å². The summed E-state index contributed by atoms with van der Waals surface area (Å²) >= 11 is 0. The van der Waals surface area contributed by atoms with Crippen molar-refractivity contribution in [3.8, 4) is 0 Å². The summed E-state index contributed by atoms with van der Waals surface area (Å²) in [6, 6.07) is 4.00. The molecule has 0 spiro atoms. The van der Waals surface area contributed by atoms with Crippen molar-refractivity contribution in [1.29, 1.82) is 0 Å². The Balaban J connectivity index is 1.87. The molecule has 1 N–H and O–H groups in total. The van der Waals surface area contributed by atoms with Gasteiger partial charge in [0, 0.05) is 18.5 Å². The number of aryl methyl sites for hydroxylation is 1. The SMILES string of the molecule is COC(=O)C1(CNCC(C)(C)c2ccc(C)o2)CC1. The molecule has 0 aromatic carbocycles. The van der Waals surface area contributed by atoms with E-state index in [0.717, 1.165) is 30.9 Å². The van der Waals surface area contributed by atoms with Gasteiger partial charge >= 0.3 is 5.97 Å². The fraction of sp³-hybridized carbons (Fsp3) is 0.667. The maximum absolute atomic E-state index is 11.6. The molecular formula is C15H23NO3. The van der Waals surface area contributed by atoms with E-state index in [-0.39, 0.29) is 16.8 Å². The predicted molar refractivity (Wildman–Crippen MR) is 73.0 cm³/mol. The van der Waals surface area contributed by atoms with Crippen LogP contribution in [0.25, 0.3) is 0 Å². The Morgan fingerprint density at radius 1 is 1.47 bits per heavy atom. The van der Waals surface area contributed by atoms with Gasteiger partial charge in [0.1, 0.15) is 11.5 Å². The Bertz CT molecular complexity index is 458. The minimum absolute atomic E-state index is 0.0829. The van der Waals surface area contributed by atoms with Gasteiger partial charge in [0.25, 0.3) is 0 Å². The molecule has 4 heteroatoms. The van der Waals surface area contributed by atoms with Crippen molar-refractivity contribution >= 4 is 5.97 Å². The number of rotatable bonds is 6. The fourth-order valence-corrected chi connectivity index (χ4v) is 2.32. The molecule has 1 aliphatic rings. The van der Waals surface area contributed by atoms with E-state index < -0.39 is 0 Å². The zero-order valence-electron chi connectivity index (χ0n) is 12.2. The lowest BCUT2D eigenvalue weighted by molar-refractivity contribution is -0.146. The fourth-order valence-electron chi connectivity index (χ4n) is 2.32. The average molecular weight is 265 g/mol. The largest absolute Gasteiger partial charge is 0.469 e. The third-order valence-corrected chi connectivity index (χ3v) is 3.91. The van der Waals surface area contributed by atoms with Crippen molar-refractivity contribution in [2.75, 3.05) is 20.2 Å². The van der Waals surface area contributed by atoms with E-state index in [1.807, 2.05) is 19.1 Å². The molecule has 1 fully saturated rings. The Labute approximate surface area is 114 Å². The van der Waals surface area contributed by atoms with Crippen molar-refractivity contribution in [3.63, 3.8) is 0 Å². The number of ether oxygens (including phenoxy) is 1. The number of carbonyl (C=O) groups is 1. The molecule has 0 amide bonds. The molecule has 0 saturated heterocycles. The molecule has 2 rings (SSSR count). The molecule has 4 nitrogen and oxygen atoms in total. The zero-order valence-corrected chi connectivity index (χ0v) is 12.2. The molecule has 1 aromatic rings. The van der Waals surface area contributed by atoms with Crippen LogP contribution in [-0.2, 0) is 14.9 Å². The van der Waals surface area contributed by atoms with Gasteiger partial charge in [-0.2, -0.15) is 0 Å². The Morgan fingerprint density at radius 3 is 2.63 bits per heavy atom. The third kappa shape index (κ3) is 3.00. The van der Waals surface area contributed by atoms with Gasteiger partial charge < -0.3 is 14.5 Å². The molecule has 106 valence electrons.